The highest BCUT2D eigenvalue weighted by atomic mass is 35.5. The molecule has 1 aromatic rings. The van der Waals surface area contributed by atoms with Gasteiger partial charge < -0.3 is 10.0 Å². The van der Waals surface area contributed by atoms with Crippen LogP contribution in [0, 0.1) is 0 Å². The van der Waals surface area contributed by atoms with Crippen LogP contribution in [-0.2, 0) is 4.79 Å². The van der Waals surface area contributed by atoms with E-state index in [0.717, 1.165) is 42.5 Å². The van der Waals surface area contributed by atoms with Crippen molar-refractivity contribution < 1.29 is 29.4 Å². The van der Waals surface area contributed by atoms with Crippen LogP contribution in [0.25, 0.3) is 0 Å². The molecule has 2 atom stereocenters. The number of fused-ring (bicyclic) bond motifs is 3. The molecule has 25 heavy (non-hydrogen) atoms. The Balaban J connectivity index is 1.79. The van der Waals surface area contributed by atoms with E-state index in [1.54, 1.807) is 6.07 Å². The first-order valence-corrected chi connectivity index (χ1v) is 9.70. The van der Waals surface area contributed by atoms with Gasteiger partial charge in [-0.3, -0.25) is 14.6 Å². The van der Waals surface area contributed by atoms with Crippen LogP contribution in [0.15, 0.2) is 22.7 Å². The number of carbonyl (C=O) groups is 2. The van der Waals surface area contributed by atoms with Gasteiger partial charge in [0.15, 0.2) is 27.4 Å². The second kappa shape index (κ2) is 6.10. The third-order valence-corrected chi connectivity index (χ3v) is 6.91. The number of hydrogen-bond acceptors (Lipinski definition) is 3. The Bertz CT molecular complexity index is 818. The molecule has 0 aliphatic carbocycles. The minimum Gasteiger partial charge on any atom is -0.477 e. The van der Waals surface area contributed by atoms with E-state index in [-0.39, 0.29) is 10.9 Å². The predicted molar refractivity (Wildman–Crippen MR) is 95.1 cm³/mol. The summed E-state index contributed by atoms with van der Waals surface area (Å²) in [6, 6.07) is 3.70. The molecule has 132 valence electrons. The lowest BCUT2D eigenvalue weighted by Gasteiger charge is -2.39. The number of hydrogen-bond donors (Lipinski definition) is 4. The number of halogens is 1. The van der Waals surface area contributed by atoms with E-state index in [2.05, 4.69) is 7.05 Å². The van der Waals surface area contributed by atoms with Crippen molar-refractivity contribution in [3.8, 4) is 0 Å². The normalized spacial score (nSPS) is 31.2. The van der Waals surface area contributed by atoms with E-state index in [9.17, 15) is 14.7 Å². The second-order valence-electron chi connectivity index (χ2n) is 6.95. The van der Waals surface area contributed by atoms with Crippen molar-refractivity contribution in [3.63, 3.8) is 0 Å². The molecular weight excluding hydrogens is 362 g/mol. The van der Waals surface area contributed by atoms with Crippen LogP contribution in [0.1, 0.15) is 17.3 Å². The molecule has 0 saturated carbocycles. The van der Waals surface area contributed by atoms with Gasteiger partial charge in [0, 0.05) is 0 Å². The zero-order valence-corrected chi connectivity index (χ0v) is 15.7. The summed E-state index contributed by atoms with van der Waals surface area (Å²) in [5, 5.41) is 10.8. The fraction of sp³-hybridized carbons (Fsp3) is 0.412. The Hall–Kier alpha value is -1.38. The summed E-state index contributed by atoms with van der Waals surface area (Å²) >= 11 is 7.96. The number of ketones is 1. The molecule has 2 unspecified atom stereocenters. The number of piperazine rings is 1. The van der Waals surface area contributed by atoms with Gasteiger partial charge in [0.2, 0.25) is 5.78 Å². The molecule has 6 nitrogen and oxygen atoms in total. The van der Waals surface area contributed by atoms with Crippen LogP contribution in [0.5, 0.6) is 0 Å². The van der Waals surface area contributed by atoms with Crippen molar-refractivity contribution >= 4 is 46.5 Å². The summed E-state index contributed by atoms with van der Waals surface area (Å²) in [5.74, 6) is -1.58. The summed E-state index contributed by atoms with van der Waals surface area (Å²) in [5.41, 5.74) is 2.21. The number of rotatable bonds is 2. The molecule has 0 aromatic heterocycles. The third kappa shape index (κ3) is 2.62. The van der Waals surface area contributed by atoms with Gasteiger partial charge in [0.25, 0.3) is 0 Å². The minimum atomic E-state index is -1.16. The predicted octanol–water partition coefficient (Wildman–Crippen LogP) is -1.51. The number of carbonyl (C=O) groups excluding carboxylic acids is 1. The quantitative estimate of drug-likeness (QED) is 0.469. The molecule has 8 heteroatoms. The molecule has 4 N–H and O–H groups in total. The fourth-order valence-electron chi connectivity index (χ4n) is 3.90. The highest BCUT2D eigenvalue weighted by Crippen LogP contribution is 2.38. The molecule has 0 amide bonds. The number of likely N-dealkylation sites (N-methyl/N-ethyl adjacent to an activating group) is 1. The molecule has 1 aromatic carbocycles. The van der Waals surface area contributed by atoms with Crippen LogP contribution in [-0.4, -0.2) is 55.5 Å². The van der Waals surface area contributed by atoms with Crippen molar-refractivity contribution in [2.24, 2.45) is 0 Å². The Morgan fingerprint density at radius 1 is 1.24 bits per heavy atom. The third-order valence-electron chi connectivity index (χ3n) is 5.34. The molecule has 3 aliphatic heterocycles. The lowest BCUT2D eigenvalue weighted by Crippen LogP contribution is -3.25. The van der Waals surface area contributed by atoms with Crippen LogP contribution in [0.3, 0.4) is 0 Å². The number of benzene rings is 1. The van der Waals surface area contributed by atoms with Crippen molar-refractivity contribution in [2.45, 2.75) is 12.3 Å². The van der Waals surface area contributed by atoms with Gasteiger partial charge in [-0.2, -0.15) is 0 Å². The SMILES string of the molecule is CC1SC2=C(C(=O)O)C(=O)c3cc(Cl)c([NH+]4CC[NH+](C)CC4)cc3[NH+]21. The van der Waals surface area contributed by atoms with Crippen molar-refractivity contribution in [1.82, 2.24) is 0 Å². The van der Waals surface area contributed by atoms with Gasteiger partial charge in [-0.25, -0.2) is 4.79 Å². The van der Waals surface area contributed by atoms with Gasteiger partial charge in [-0.05, 0) is 24.8 Å². The van der Waals surface area contributed by atoms with Gasteiger partial charge >= 0.3 is 5.97 Å². The molecule has 0 radical (unpaired) electrons. The van der Waals surface area contributed by atoms with Crippen LogP contribution in [0.2, 0.25) is 5.02 Å². The van der Waals surface area contributed by atoms with Gasteiger partial charge in [0.05, 0.1) is 18.7 Å². The average molecular weight is 383 g/mol. The maximum absolute atomic E-state index is 12.7. The Kier molecular flexibility index (Phi) is 4.16. The van der Waals surface area contributed by atoms with E-state index in [0.29, 0.717) is 15.6 Å². The van der Waals surface area contributed by atoms with E-state index < -0.39 is 11.8 Å². The second-order valence-corrected chi connectivity index (χ2v) is 8.71. The van der Waals surface area contributed by atoms with E-state index in [1.165, 1.54) is 21.6 Å². The largest absolute Gasteiger partial charge is 0.477 e. The number of aliphatic carboxylic acids is 1. The number of nitrogens with one attached hydrogen (secondary N) is 3. The maximum Gasteiger partial charge on any atom is 0.346 e. The van der Waals surface area contributed by atoms with Gasteiger partial charge in [-0.1, -0.05) is 11.6 Å². The first-order chi connectivity index (χ1) is 11.9. The first-order valence-electron chi connectivity index (χ1n) is 8.45. The van der Waals surface area contributed by atoms with Gasteiger partial charge in [0.1, 0.15) is 31.2 Å². The molecule has 2 saturated heterocycles. The highest BCUT2D eigenvalue weighted by molar-refractivity contribution is 8.04. The average Bonchev–Trinajstić information content (AvgIpc) is 2.55. The molecule has 0 spiro atoms. The highest BCUT2D eigenvalue weighted by Gasteiger charge is 2.51. The molecule has 3 aliphatic rings. The zero-order valence-electron chi connectivity index (χ0n) is 14.1. The van der Waals surface area contributed by atoms with E-state index >= 15 is 0 Å². The summed E-state index contributed by atoms with van der Waals surface area (Å²) in [6.45, 7) is 6.21. The molecule has 3 heterocycles. The summed E-state index contributed by atoms with van der Waals surface area (Å²) in [7, 11) is 2.19. The smallest absolute Gasteiger partial charge is 0.346 e. The first kappa shape index (κ1) is 17.1. The van der Waals surface area contributed by atoms with Crippen molar-refractivity contribution in [1.29, 1.82) is 0 Å². The number of carboxylic acid groups (broad SMARTS) is 1. The molecule has 0 bridgehead atoms. The molecule has 2 fully saturated rings. The monoisotopic (exact) mass is 382 g/mol. The lowest BCUT2D eigenvalue weighted by atomic mass is 9.96. The standard InChI is InChI=1S/C17H18ClN3O3S/c1-9-21-12-8-13(20-5-3-19(2)4-6-20)11(18)7-10(12)15(22)14(17(23)24)16(21)25-9/h7-9H,3-6H2,1-2H3,(H,23,24)/p+3. The summed E-state index contributed by atoms with van der Waals surface area (Å²) in [4.78, 5) is 28.1. The van der Waals surface area contributed by atoms with Crippen molar-refractivity contribution in [3.05, 3.63) is 33.3 Å². The number of quaternary nitrogens is 3. The van der Waals surface area contributed by atoms with Crippen molar-refractivity contribution in [2.75, 3.05) is 33.2 Å². The van der Waals surface area contributed by atoms with Crippen LogP contribution in [0.4, 0.5) is 11.4 Å². The van der Waals surface area contributed by atoms with Crippen LogP contribution < -0.4 is 14.7 Å². The zero-order chi connectivity index (χ0) is 17.9. The molecular formula is C17H21ClN3O3S+3. The lowest BCUT2D eigenvalue weighted by molar-refractivity contribution is -0.975. The molecule has 4 rings (SSSR count). The number of carboxylic acids is 1. The van der Waals surface area contributed by atoms with E-state index in [1.807, 2.05) is 13.0 Å². The summed E-state index contributed by atoms with van der Waals surface area (Å²) in [6.07, 6.45) is 0. The number of thioether (sulfide) groups is 1. The fourth-order valence-corrected chi connectivity index (χ4v) is 5.43. The minimum absolute atomic E-state index is 0.107. The van der Waals surface area contributed by atoms with Gasteiger partial charge in [-0.15, -0.1) is 0 Å². The Labute approximate surface area is 155 Å². The maximum atomic E-state index is 12.7. The van der Waals surface area contributed by atoms with E-state index in [4.69, 9.17) is 11.6 Å². The summed E-state index contributed by atoms with van der Waals surface area (Å²) < 4.78 is 0. The van der Waals surface area contributed by atoms with Crippen LogP contribution >= 0.6 is 23.4 Å². The Morgan fingerprint density at radius 3 is 2.52 bits per heavy atom. The Morgan fingerprint density at radius 2 is 1.92 bits per heavy atom. The number of Topliss-reactive ketones (excluding diaryl/α,β-unsaturated/α-hetero) is 1. The topological polar surface area (TPSA) is 67.7 Å².